The van der Waals surface area contributed by atoms with Crippen LogP contribution in [0.25, 0.3) is 0 Å². The predicted octanol–water partition coefficient (Wildman–Crippen LogP) is 2.89. The minimum Gasteiger partial charge on any atom is -0.311 e. The van der Waals surface area contributed by atoms with E-state index in [4.69, 9.17) is 0 Å². The zero-order valence-corrected chi connectivity index (χ0v) is 11.9. The second-order valence-corrected chi connectivity index (χ2v) is 6.62. The molecule has 0 bridgehead atoms. The van der Waals surface area contributed by atoms with Crippen molar-refractivity contribution in [2.24, 2.45) is 11.8 Å². The van der Waals surface area contributed by atoms with Gasteiger partial charge in [0, 0.05) is 18.6 Å². The van der Waals surface area contributed by atoms with Crippen LogP contribution >= 0.6 is 0 Å². The Kier molecular flexibility index (Phi) is 4.87. The third kappa shape index (κ3) is 3.96. The van der Waals surface area contributed by atoms with E-state index >= 15 is 0 Å². The van der Waals surface area contributed by atoms with Gasteiger partial charge >= 0.3 is 0 Å². The lowest BCUT2D eigenvalue weighted by atomic mass is 9.80. The number of hydrogen-bond donors (Lipinski definition) is 1. The molecule has 1 saturated heterocycles. The molecular formula is C15H30N2. The number of rotatable bonds is 5. The number of piperidine rings is 1. The topological polar surface area (TPSA) is 15.3 Å². The van der Waals surface area contributed by atoms with Gasteiger partial charge < -0.3 is 10.2 Å². The second kappa shape index (κ2) is 6.19. The van der Waals surface area contributed by atoms with Gasteiger partial charge in [0.25, 0.3) is 0 Å². The molecule has 2 fully saturated rings. The van der Waals surface area contributed by atoms with Gasteiger partial charge in [0.1, 0.15) is 0 Å². The minimum absolute atomic E-state index is 0.755. The van der Waals surface area contributed by atoms with E-state index in [-0.39, 0.29) is 0 Å². The first-order valence-corrected chi connectivity index (χ1v) is 7.63. The molecule has 0 radical (unpaired) electrons. The van der Waals surface area contributed by atoms with Crippen LogP contribution in [0.2, 0.25) is 0 Å². The maximum absolute atomic E-state index is 3.87. The standard InChI is InChI=1S/C15H30N2/c1-12(2)11-17-9-7-15(8-10-17)16-13(3)14-5-4-6-14/h12-16H,4-11H2,1-3H3. The molecule has 1 unspecified atom stereocenters. The van der Waals surface area contributed by atoms with E-state index in [1.807, 2.05) is 0 Å². The molecule has 2 rings (SSSR count). The zero-order valence-electron chi connectivity index (χ0n) is 11.9. The molecule has 1 heterocycles. The van der Waals surface area contributed by atoms with Crippen molar-refractivity contribution < 1.29 is 0 Å². The summed E-state index contributed by atoms with van der Waals surface area (Å²) in [5, 5.41) is 3.87. The molecule has 0 amide bonds. The van der Waals surface area contributed by atoms with Gasteiger partial charge in [-0.1, -0.05) is 20.3 Å². The van der Waals surface area contributed by atoms with Crippen molar-refractivity contribution in [2.45, 2.75) is 65.0 Å². The van der Waals surface area contributed by atoms with E-state index in [1.54, 1.807) is 0 Å². The zero-order chi connectivity index (χ0) is 12.3. The summed E-state index contributed by atoms with van der Waals surface area (Å²) < 4.78 is 0. The van der Waals surface area contributed by atoms with Gasteiger partial charge in [-0.2, -0.15) is 0 Å². The normalized spacial score (nSPS) is 26.1. The minimum atomic E-state index is 0.755. The van der Waals surface area contributed by atoms with E-state index in [0.717, 1.165) is 23.9 Å². The number of nitrogens with one attached hydrogen (secondary N) is 1. The van der Waals surface area contributed by atoms with Gasteiger partial charge in [-0.25, -0.2) is 0 Å². The highest BCUT2D eigenvalue weighted by Gasteiger charge is 2.27. The lowest BCUT2D eigenvalue weighted by molar-refractivity contribution is 0.156. The van der Waals surface area contributed by atoms with E-state index in [2.05, 4.69) is 31.0 Å². The van der Waals surface area contributed by atoms with Crippen molar-refractivity contribution in [2.75, 3.05) is 19.6 Å². The van der Waals surface area contributed by atoms with Crippen LogP contribution in [0, 0.1) is 11.8 Å². The van der Waals surface area contributed by atoms with Crippen LogP contribution in [-0.2, 0) is 0 Å². The van der Waals surface area contributed by atoms with Gasteiger partial charge in [0.2, 0.25) is 0 Å². The number of hydrogen-bond acceptors (Lipinski definition) is 2. The monoisotopic (exact) mass is 238 g/mol. The Morgan fingerprint density at radius 1 is 1.06 bits per heavy atom. The molecule has 1 aliphatic heterocycles. The van der Waals surface area contributed by atoms with Crippen molar-refractivity contribution in [1.82, 2.24) is 10.2 Å². The fraction of sp³-hybridized carbons (Fsp3) is 1.00. The van der Waals surface area contributed by atoms with Crippen LogP contribution in [0.1, 0.15) is 52.9 Å². The van der Waals surface area contributed by atoms with Crippen LogP contribution in [-0.4, -0.2) is 36.6 Å². The van der Waals surface area contributed by atoms with Crippen LogP contribution in [0.3, 0.4) is 0 Å². The van der Waals surface area contributed by atoms with Crippen LogP contribution in [0.4, 0.5) is 0 Å². The molecule has 1 atom stereocenters. The van der Waals surface area contributed by atoms with Gasteiger partial charge in [-0.05, 0) is 57.5 Å². The van der Waals surface area contributed by atoms with E-state index in [9.17, 15) is 0 Å². The smallest absolute Gasteiger partial charge is 0.00940 e. The molecule has 17 heavy (non-hydrogen) atoms. The highest BCUT2D eigenvalue weighted by Crippen LogP contribution is 2.30. The first kappa shape index (κ1) is 13.4. The molecule has 0 aromatic rings. The van der Waals surface area contributed by atoms with Gasteiger partial charge in [0.05, 0.1) is 0 Å². The predicted molar refractivity (Wildman–Crippen MR) is 74.2 cm³/mol. The molecule has 0 spiro atoms. The summed E-state index contributed by atoms with van der Waals surface area (Å²) in [5.41, 5.74) is 0. The maximum Gasteiger partial charge on any atom is 0.00940 e. The summed E-state index contributed by atoms with van der Waals surface area (Å²) in [6.07, 6.45) is 7.08. The van der Waals surface area contributed by atoms with Crippen molar-refractivity contribution in [3.63, 3.8) is 0 Å². The average molecular weight is 238 g/mol. The highest BCUT2D eigenvalue weighted by molar-refractivity contribution is 4.85. The summed E-state index contributed by atoms with van der Waals surface area (Å²) in [6, 6.07) is 1.54. The summed E-state index contributed by atoms with van der Waals surface area (Å²) in [5.74, 6) is 1.79. The fourth-order valence-electron chi connectivity index (χ4n) is 3.25. The van der Waals surface area contributed by atoms with E-state index in [1.165, 1.54) is 51.7 Å². The summed E-state index contributed by atoms with van der Waals surface area (Å²) in [7, 11) is 0. The molecule has 1 saturated carbocycles. The largest absolute Gasteiger partial charge is 0.311 e. The first-order valence-electron chi connectivity index (χ1n) is 7.63. The quantitative estimate of drug-likeness (QED) is 0.792. The molecule has 1 N–H and O–H groups in total. The molecular weight excluding hydrogens is 208 g/mol. The molecule has 2 aliphatic rings. The van der Waals surface area contributed by atoms with Crippen molar-refractivity contribution in [3.8, 4) is 0 Å². The second-order valence-electron chi connectivity index (χ2n) is 6.62. The highest BCUT2D eigenvalue weighted by atomic mass is 15.1. The maximum atomic E-state index is 3.87. The number of likely N-dealkylation sites (tertiary alicyclic amines) is 1. The lowest BCUT2D eigenvalue weighted by Gasteiger charge is -2.38. The average Bonchev–Trinajstić information content (AvgIpc) is 2.17. The van der Waals surface area contributed by atoms with Gasteiger partial charge in [-0.3, -0.25) is 0 Å². The third-order valence-corrected chi connectivity index (χ3v) is 4.57. The van der Waals surface area contributed by atoms with Crippen LogP contribution < -0.4 is 5.32 Å². The molecule has 100 valence electrons. The van der Waals surface area contributed by atoms with Gasteiger partial charge in [-0.15, -0.1) is 0 Å². The Balaban J connectivity index is 1.64. The summed E-state index contributed by atoms with van der Waals surface area (Å²) >= 11 is 0. The van der Waals surface area contributed by atoms with Gasteiger partial charge in [0.15, 0.2) is 0 Å². The van der Waals surface area contributed by atoms with E-state index in [0.29, 0.717) is 0 Å². The fourth-order valence-corrected chi connectivity index (χ4v) is 3.25. The van der Waals surface area contributed by atoms with Crippen LogP contribution in [0.15, 0.2) is 0 Å². The van der Waals surface area contributed by atoms with Crippen molar-refractivity contribution in [3.05, 3.63) is 0 Å². The molecule has 1 aliphatic carbocycles. The number of nitrogens with zero attached hydrogens (tertiary/aromatic N) is 1. The lowest BCUT2D eigenvalue weighted by Crippen LogP contribution is -2.48. The molecule has 0 aromatic carbocycles. The Bertz CT molecular complexity index is 215. The third-order valence-electron chi connectivity index (χ3n) is 4.57. The Hall–Kier alpha value is -0.0800. The molecule has 2 nitrogen and oxygen atoms in total. The Labute approximate surface area is 107 Å². The first-order chi connectivity index (χ1) is 8.15. The SMILES string of the molecule is CC(C)CN1CCC(NC(C)C2CCC2)CC1. The Morgan fingerprint density at radius 3 is 2.18 bits per heavy atom. The Morgan fingerprint density at radius 2 is 1.71 bits per heavy atom. The molecule has 2 heteroatoms. The van der Waals surface area contributed by atoms with Crippen LogP contribution in [0.5, 0.6) is 0 Å². The summed E-state index contributed by atoms with van der Waals surface area (Å²) in [6.45, 7) is 10.9. The summed E-state index contributed by atoms with van der Waals surface area (Å²) in [4.78, 5) is 2.64. The van der Waals surface area contributed by atoms with E-state index < -0.39 is 0 Å². The molecule has 0 aromatic heterocycles. The van der Waals surface area contributed by atoms with Crippen molar-refractivity contribution in [1.29, 1.82) is 0 Å². The van der Waals surface area contributed by atoms with Crippen molar-refractivity contribution >= 4 is 0 Å².